The van der Waals surface area contributed by atoms with Gasteiger partial charge in [-0.15, -0.1) is 0 Å². The third-order valence-corrected chi connectivity index (χ3v) is 4.00. The zero-order chi connectivity index (χ0) is 20.1. The number of fused-ring (bicyclic) bond motifs is 1. The Bertz CT molecular complexity index is 1020. The molecule has 0 saturated heterocycles. The summed E-state index contributed by atoms with van der Waals surface area (Å²) in [5.74, 6) is -0.364. The van der Waals surface area contributed by atoms with Gasteiger partial charge in [-0.25, -0.2) is 0 Å². The van der Waals surface area contributed by atoms with Crippen LogP contribution in [0.2, 0.25) is 0 Å². The monoisotopic (exact) mass is 368 g/mol. The van der Waals surface area contributed by atoms with E-state index in [0.29, 0.717) is 17.5 Å². The van der Waals surface area contributed by atoms with Crippen LogP contribution >= 0.6 is 0 Å². The van der Waals surface area contributed by atoms with Gasteiger partial charge in [-0.2, -0.15) is 0 Å². The summed E-state index contributed by atoms with van der Waals surface area (Å²) in [6.07, 6.45) is 3.59. The van der Waals surface area contributed by atoms with Gasteiger partial charge in [0.05, 0.1) is 5.56 Å². The van der Waals surface area contributed by atoms with E-state index in [0.717, 1.165) is 11.6 Å². The predicted octanol–water partition coefficient (Wildman–Crippen LogP) is 5.11. The van der Waals surface area contributed by atoms with E-state index in [-0.39, 0.29) is 33.8 Å². The maximum Gasteiger partial charge on any atom is 0.204 e. The lowest BCUT2D eigenvalue weighted by atomic mass is 10.0. The highest BCUT2D eigenvalue weighted by Crippen LogP contribution is 2.35. The van der Waals surface area contributed by atoms with E-state index in [1.54, 1.807) is 12.1 Å². The SMILES string of the molecule is CC.CC(C)=CCc1c(O)cc(O)c2c(=O)c(-c3ccc(O)cc3)coc12. The highest BCUT2D eigenvalue weighted by molar-refractivity contribution is 5.90. The molecule has 3 rings (SSSR count). The Morgan fingerprint density at radius 3 is 2.26 bits per heavy atom. The van der Waals surface area contributed by atoms with E-state index in [2.05, 4.69) is 0 Å². The molecule has 0 atom stereocenters. The largest absolute Gasteiger partial charge is 0.508 e. The average molecular weight is 368 g/mol. The Morgan fingerprint density at radius 2 is 1.67 bits per heavy atom. The highest BCUT2D eigenvalue weighted by Gasteiger charge is 2.18. The van der Waals surface area contributed by atoms with Crippen LogP contribution in [-0.4, -0.2) is 15.3 Å². The lowest BCUT2D eigenvalue weighted by molar-refractivity contribution is 0.448. The first kappa shape index (κ1) is 20.1. The first-order valence-corrected chi connectivity index (χ1v) is 8.80. The number of phenols is 3. The minimum atomic E-state index is -0.400. The third-order valence-electron chi connectivity index (χ3n) is 4.00. The number of rotatable bonds is 3. The van der Waals surface area contributed by atoms with Crippen molar-refractivity contribution in [2.75, 3.05) is 0 Å². The number of hydrogen-bond acceptors (Lipinski definition) is 5. The van der Waals surface area contributed by atoms with Crippen LogP contribution in [0.4, 0.5) is 0 Å². The second-order valence-corrected chi connectivity index (χ2v) is 6.11. The number of benzene rings is 2. The number of phenolic OH excluding ortho intramolecular Hbond substituents is 3. The molecule has 0 radical (unpaired) electrons. The molecule has 0 aliphatic carbocycles. The third kappa shape index (κ3) is 4.14. The van der Waals surface area contributed by atoms with Crippen molar-refractivity contribution >= 4 is 11.0 Å². The molecule has 142 valence electrons. The van der Waals surface area contributed by atoms with E-state index in [4.69, 9.17) is 4.42 Å². The van der Waals surface area contributed by atoms with E-state index in [1.807, 2.05) is 33.8 Å². The Labute approximate surface area is 157 Å². The lowest BCUT2D eigenvalue weighted by Crippen LogP contribution is -2.06. The molecule has 0 fully saturated rings. The maximum atomic E-state index is 12.9. The van der Waals surface area contributed by atoms with Crippen LogP contribution in [0.15, 0.2) is 57.5 Å². The summed E-state index contributed by atoms with van der Waals surface area (Å²) >= 11 is 0. The molecule has 5 nitrogen and oxygen atoms in total. The summed E-state index contributed by atoms with van der Waals surface area (Å²) in [7, 11) is 0. The lowest BCUT2D eigenvalue weighted by Gasteiger charge is -2.10. The molecular weight excluding hydrogens is 344 g/mol. The number of hydrogen-bond donors (Lipinski definition) is 3. The van der Waals surface area contributed by atoms with Crippen LogP contribution in [-0.2, 0) is 6.42 Å². The normalized spacial score (nSPS) is 10.2. The summed E-state index contributed by atoms with van der Waals surface area (Å²) in [5, 5.41) is 29.7. The maximum absolute atomic E-state index is 12.9. The summed E-state index contributed by atoms with van der Waals surface area (Å²) in [4.78, 5) is 12.9. The molecule has 3 aromatic rings. The fraction of sp³-hybridized carbons (Fsp3) is 0.227. The minimum Gasteiger partial charge on any atom is -0.508 e. The van der Waals surface area contributed by atoms with Crippen LogP contribution in [0.1, 0.15) is 33.3 Å². The molecule has 5 heteroatoms. The molecular formula is C22H24O5. The quantitative estimate of drug-likeness (QED) is 0.559. The Hall–Kier alpha value is -3.21. The van der Waals surface area contributed by atoms with Gasteiger partial charge in [-0.1, -0.05) is 37.6 Å². The fourth-order valence-corrected chi connectivity index (χ4v) is 2.67. The van der Waals surface area contributed by atoms with Crippen LogP contribution in [0.3, 0.4) is 0 Å². The first-order chi connectivity index (χ1) is 12.9. The van der Waals surface area contributed by atoms with Gasteiger partial charge in [0, 0.05) is 11.6 Å². The summed E-state index contributed by atoms with van der Waals surface area (Å²) < 4.78 is 5.62. The van der Waals surface area contributed by atoms with Gasteiger partial charge in [0.15, 0.2) is 0 Å². The second kappa shape index (κ2) is 8.45. The second-order valence-electron chi connectivity index (χ2n) is 6.11. The molecule has 0 bridgehead atoms. The fourth-order valence-electron chi connectivity index (χ4n) is 2.67. The molecule has 3 N–H and O–H groups in total. The first-order valence-electron chi connectivity index (χ1n) is 8.80. The molecule has 0 amide bonds. The van der Waals surface area contributed by atoms with E-state index in [9.17, 15) is 20.1 Å². The molecule has 0 aliphatic rings. The molecule has 27 heavy (non-hydrogen) atoms. The molecule has 2 aromatic carbocycles. The van der Waals surface area contributed by atoms with E-state index < -0.39 is 5.43 Å². The predicted molar refractivity (Wildman–Crippen MR) is 107 cm³/mol. The van der Waals surface area contributed by atoms with E-state index in [1.165, 1.54) is 18.4 Å². The summed E-state index contributed by atoms with van der Waals surface area (Å²) in [6, 6.07) is 7.28. The summed E-state index contributed by atoms with van der Waals surface area (Å²) in [6.45, 7) is 7.86. The van der Waals surface area contributed by atoms with Gasteiger partial charge >= 0.3 is 0 Å². The van der Waals surface area contributed by atoms with Gasteiger partial charge < -0.3 is 19.7 Å². The van der Waals surface area contributed by atoms with Crippen LogP contribution < -0.4 is 5.43 Å². The molecule has 0 spiro atoms. The van der Waals surface area contributed by atoms with Crippen molar-refractivity contribution in [3.8, 4) is 28.4 Å². The van der Waals surface area contributed by atoms with Crippen molar-refractivity contribution in [3.63, 3.8) is 0 Å². The average Bonchev–Trinajstić information content (AvgIpc) is 2.63. The zero-order valence-electron chi connectivity index (χ0n) is 15.9. The molecule has 1 heterocycles. The van der Waals surface area contributed by atoms with Crippen molar-refractivity contribution in [2.45, 2.75) is 34.1 Å². The van der Waals surface area contributed by atoms with Crippen molar-refractivity contribution in [2.24, 2.45) is 0 Å². The smallest absolute Gasteiger partial charge is 0.204 e. The van der Waals surface area contributed by atoms with Gasteiger partial charge in [-0.3, -0.25) is 4.79 Å². The minimum absolute atomic E-state index is 0.0283. The van der Waals surface area contributed by atoms with Crippen LogP contribution in [0.25, 0.3) is 22.1 Å². The Balaban J connectivity index is 0.00000126. The van der Waals surface area contributed by atoms with Crippen LogP contribution in [0, 0.1) is 0 Å². The molecule has 0 aliphatic heterocycles. The Kier molecular flexibility index (Phi) is 6.29. The van der Waals surface area contributed by atoms with Crippen molar-refractivity contribution < 1.29 is 19.7 Å². The van der Waals surface area contributed by atoms with Gasteiger partial charge in [0.1, 0.15) is 34.5 Å². The number of allylic oxidation sites excluding steroid dienone is 2. The van der Waals surface area contributed by atoms with Gasteiger partial charge in [-0.05, 0) is 38.0 Å². The van der Waals surface area contributed by atoms with Crippen LogP contribution in [0.5, 0.6) is 17.2 Å². The van der Waals surface area contributed by atoms with Crippen molar-refractivity contribution in [1.29, 1.82) is 0 Å². The highest BCUT2D eigenvalue weighted by atomic mass is 16.3. The standard InChI is InChI=1S/C20H18O5.C2H6/c1-11(2)3-8-14-16(22)9-17(23)18-19(24)15(10-25-20(14)18)12-4-6-13(21)7-5-12;1-2/h3-7,9-10,21-23H,8H2,1-2H3;1-2H3. The van der Waals surface area contributed by atoms with Crippen molar-refractivity contribution in [1.82, 2.24) is 0 Å². The zero-order valence-corrected chi connectivity index (χ0v) is 15.9. The molecule has 0 saturated carbocycles. The summed E-state index contributed by atoms with van der Waals surface area (Å²) in [5.41, 5.74) is 2.10. The Morgan fingerprint density at radius 1 is 1.04 bits per heavy atom. The molecule has 1 aromatic heterocycles. The topological polar surface area (TPSA) is 90.9 Å². The van der Waals surface area contributed by atoms with Crippen molar-refractivity contribution in [3.05, 3.63) is 64.0 Å². The van der Waals surface area contributed by atoms with Gasteiger partial charge in [0.25, 0.3) is 0 Å². The number of aromatic hydroxyl groups is 3. The molecule has 0 unspecified atom stereocenters. The van der Waals surface area contributed by atoms with Gasteiger partial charge in [0.2, 0.25) is 5.43 Å². The van der Waals surface area contributed by atoms with E-state index >= 15 is 0 Å².